The zero-order valence-corrected chi connectivity index (χ0v) is 15.8. The fourth-order valence-electron chi connectivity index (χ4n) is 2.41. The third kappa shape index (κ3) is 7.54. The summed E-state index contributed by atoms with van der Waals surface area (Å²) in [5, 5.41) is 8.74. The molecule has 0 aliphatic rings. The zero-order chi connectivity index (χ0) is 15.9. The van der Waals surface area contributed by atoms with Gasteiger partial charge in [-0.1, -0.05) is 0 Å². The van der Waals surface area contributed by atoms with Crippen molar-refractivity contribution in [3.8, 4) is 6.07 Å². The Morgan fingerprint density at radius 1 is 0.857 bits per heavy atom. The molecule has 0 unspecified atom stereocenters. The highest BCUT2D eigenvalue weighted by Crippen LogP contribution is 2.50. The van der Waals surface area contributed by atoms with E-state index in [-0.39, 0.29) is 6.15 Å². The molecule has 0 aliphatic heterocycles. The van der Waals surface area contributed by atoms with Gasteiger partial charge in [-0.2, -0.15) is 5.26 Å². The highest BCUT2D eigenvalue weighted by molar-refractivity contribution is 7.47. The van der Waals surface area contributed by atoms with Crippen LogP contribution in [-0.2, 0) is 4.52 Å². The normalized spacial score (nSPS) is 12.1. The zero-order valence-electron chi connectivity index (χ0n) is 14.9. The third-order valence-corrected chi connectivity index (χ3v) is 5.98. The van der Waals surface area contributed by atoms with Crippen molar-refractivity contribution in [3.63, 3.8) is 0 Å². The summed E-state index contributed by atoms with van der Waals surface area (Å²) < 4.78 is 11.0. The molecule has 0 aliphatic carbocycles. The summed E-state index contributed by atoms with van der Waals surface area (Å²) in [5.41, 5.74) is 0. The second kappa shape index (κ2) is 11.3. The lowest BCUT2D eigenvalue weighted by Crippen LogP contribution is -2.43. The Hall–Kier alpha value is -0.240. The van der Waals surface area contributed by atoms with Crippen molar-refractivity contribution in [2.75, 3.05) is 6.61 Å². The van der Waals surface area contributed by atoms with E-state index in [1.807, 2.05) is 0 Å². The van der Waals surface area contributed by atoms with E-state index in [1.165, 1.54) is 0 Å². The van der Waals surface area contributed by atoms with Crippen LogP contribution in [0.4, 0.5) is 0 Å². The number of nitriles is 1. The minimum atomic E-state index is -0.841. The molecular weight excluding hydrogens is 283 g/mol. The van der Waals surface area contributed by atoms with Gasteiger partial charge in [0.05, 0.1) is 19.1 Å². The molecule has 0 aromatic heterocycles. The van der Waals surface area contributed by atoms with Crippen molar-refractivity contribution in [2.24, 2.45) is 0 Å². The number of rotatable bonds is 9. The van der Waals surface area contributed by atoms with E-state index in [9.17, 15) is 0 Å². The molecule has 0 amide bonds. The van der Waals surface area contributed by atoms with Crippen LogP contribution >= 0.6 is 8.45 Å². The van der Waals surface area contributed by atoms with Gasteiger partial charge in [-0.05, 0) is 55.4 Å². The van der Waals surface area contributed by atoms with Crippen molar-refractivity contribution in [3.05, 3.63) is 0 Å². The molecule has 0 atom stereocenters. The molecule has 6 heteroatoms. The summed E-state index contributed by atoms with van der Waals surface area (Å²) in [5.74, 6) is 0. The molecule has 123 valence electrons. The molecule has 0 rings (SSSR count). The summed E-state index contributed by atoms with van der Waals surface area (Å²) >= 11 is 0. The van der Waals surface area contributed by atoms with Crippen LogP contribution in [0.3, 0.4) is 0 Å². The van der Waals surface area contributed by atoms with Gasteiger partial charge in [0.15, 0.2) is 8.45 Å². The average Bonchev–Trinajstić information content (AvgIpc) is 2.26. The number of hydrogen-bond acceptors (Lipinski definition) is 4. The summed E-state index contributed by atoms with van der Waals surface area (Å²) in [7, 11) is -0.841. The molecule has 0 fully saturated rings. The molecule has 21 heavy (non-hydrogen) atoms. The van der Waals surface area contributed by atoms with Crippen LogP contribution in [-0.4, -0.2) is 40.1 Å². The Kier molecular flexibility index (Phi) is 12.4. The van der Waals surface area contributed by atoms with Crippen LogP contribution < -0.4 is 6.15 Å². The van der Waals surface area contributed by atoms with E-state index in [0.29, 0.717) is 37.2 Å². The second-order valence-electron chi connectivity index (χ2n) is 6.13. The fourth-order valence-corrected chi connectivity index (χ4v) is 4.75. The first kappa shape index (κ1) is 23.0. The van der Waals surface area contributed by atoms with Gasteiger partial charge >= 0.3 is 0 Å². The standard InChI is InChI=1S/C15H32N3OP.N/c1-12(2)17(13(3)4)20(19-11-9-10-16)18(14(5)6)15(7)8;/h12-15H,9,11H2,1-8H3;. The Morgan fingerprint density at radius 3 is 1.43 bits per heavy atom. The first-order valence-corrected chi connectivity index (χ1v) is 8.77. The molecule has 0 aromatic rings. The first-order valence-electron chi connectivity index (χ1n) is 7.60. The van der Waals surface area contributed by atoms with Crippen LogP contribution in [0.25, 0.3) is 0 Å². The van der Waals surface area contributed by atoms with E-state index < -0.39 is 8.45 Å². The Balaban J connectivity index is 0. The summed E-state index contributed by atoms with van der Waals surface area (Å²) in [4.78, 5) is 0. The smallest absolute Gasteiger partial charge is 0.188 e. The highest BCUT2D eigenvalue weighted by atomic mass is 31.2. The summed E-state index contributed by atoms with van der Waals surface area (Å²) in [6.45, 7) is 18.2. The van der Waals surface area contributed by atoms with E-state index in [0.717, 1.165) is 0 Å². The molecule has 0 N–H and O–H groups in total. The molecule has 0 spiro atoms. The molecule has 3 radical (unpaired) electrons. The van der Waals surface area contributed by atoms with Crippen LogP contribution in [0.5, 0.6) is 0 Å². The lowest BCUT2D eigenvalue weighted by Gasteiger charge is -2.45. The Morgan fingerprint density at radius 2 is 1.19 bits per heavy atom. The molecule has 0 bridgehead atoms. The monoisotopic (exact) mass is 315 g/mol. The van der Waals surface area contributed by atoms with E-state index in [4.69, 9.17) is 9.79 Å². The van der Waals surface area contributed by atoms with Gasteiger partial charge in [0.2, 0.25) is 0 Å². The van der Waals surface area contributed by atoms with Gasteiger partial charge < -0.3 is 4.52 Å². The van der Waals surface area contributed by atoms with E-state index >= 15 is 0 Å². The highest BCUT2D eigenvalue weighted by Gasteiger charge is 2.34. The minimum Gasteiger partial charge on any atom is -0.330 e. The van der Waals surface area contributed by atoms with E-state index in [2.05, 4.69) is 70.8 Å². The van der Waals surface area contributed by atoms with Crippen LogP contribution in [0.2, 0.25) is 0 Å². The summed E-state index contributed by atoms with van der Waals surface area (Å²) in [6.07, 6.45) is 0.451. The van der Waals surface area contributed by atoms with Crippen molar-refractivity contribution < 1.29 is 4.52 Å². The third-order valence-electron chi connectivity index (χ3n) is 2.93. The van der Waals surface area contributed by atoms with Gasteiger partial charge in [-0.3, -0.25) is 0 Å². The first-order chi connectivity index (χ1) is 9.23. The Bertz CT molecular complexity index is 267. The van der Waals surface area contributed by atoms with Crippen molar-refractivity contribution >= 4 is 8.45 Å². The van der Waals surface area contributed by atoms with Crippen LogP contribution in [0.1, 0.15) is 61.8 Å². The van der Waals surface area contributed by atoms with Crippen LogP contribution in [0, 0.1) is 11.3 Å². The number of hydrogen-bond donors (Lipinski definition) is 0. The van der Waals surface area contributed by atoms with Gasteiger partial charge in [-0.15, -0.1) is 0 Å². The SMILES string of the molecule is CC(C)N(C(C)C)P(OCCC#N)N(C(C)C)C(C)C.[N]. The van der Waals surface area contributed by atoms with Crippen molar-refractivity contribution in [1.29, 1.82) is 5.26 Å². The molecule has 0 saturated carbocycles. The lowest BCUT2D eigenvalue weighted by atomic mass is 10.3. The molecule has 0 saturated heterocycles. The predicted molar refractivity (Wildman–Crippen MR) is 89.5 cm³/mol. The summed E-state index contributed by atoms with van der Waals surface area (Å²) in [6, 6.07) is 3.84. The minimum absolute atomic E-state index is 0. The molecule has 0 heterocycles. The Labute approximate surface area is 133 Å². The topological polar surface area (TPSA) is 70.0 Å². The van der Waals surface area contributed by atoms with E-state index in [1.54, 1.807) is 0 Å². The maximum Gasteiger partial charge on any atom is 0.188 e. The fraction of sp³-hybridized carbons (Fsp3) is 0.933. The largest absolute Gasteiger partial charge is 0.330 e. The predicted octanol–water partition coefficient (Wildman–Crippen LogP) is 3.90. The average molecular weight is 315 g/mol. The molecule has 5 nitrogen and oxygen atoms in total. The molecule has 0 aromatic carbocycles. The lowest BCUT2D eigenvalue weighted by molar-refractivity contribution is 0.189. The van der Waals surface area contributed by atoms with Crippen molar-refractivity contribution in [1.82, 2.24) is 15.5 Å². The van der Waals surface area contributed by atoms with Gasteiger partial charge in [-0.25, -0.2) is 9.34 Å². The van der Waals surface area contributed by atoms with Gasteiger partial charge in [0.1, 0.15) is 0 Å². The number of nitrogens with zero attached hydrogens (tertiary/aromatic N) is 4. The van der Waals surface area contributed by atoms with Gasteiger partial charge in [0.25, 0.3) is 0 Å². The maximum atomic E-state index is 8.74. The van der Waals surface area contributed by atoms with Crippen molar-refractivity contribution in [2.45, 2.75) is 86.0 Å². The second-order valence-corrected chi connectivity index (χ2v) is 7.82. The van der Waals surface area contributed by atoms with Gasteiger partial charge in [0, 0.05) is 30.3 Å². The maximum absolute atomic E-state index is 8.74. The molecular formula is C15H32N4OP. The van der Waals surface area contributed by atoms with Crippen LogP contribution in [0.15, 0.2) is 0 Å². The quantitative estimate of drug-likeness (QED) is 0.478.